The minimum atomic E-state index is -3.53. The first-order valence-electron chi connectivity index (χ1n) is 6.49. The van der Waals surface area contributed by atoms with Crippen LogP contribution in [0.25, 0.3) is 0 Å². The SMILES string of the molecule is CC(NS(=O)(=O)c1ccc(CCN)s1)c1cccc(Cl)c1. The van der Waals surface area contributed by atoms with Gasteiger partial charge in [-0.05, 0) is 49.7 Å². The van der Waals surface area contributed by atoms with E-state index >= 15 is 0 Å². The lowest BCUT2D eigenvalue weighted by Crippen LogP contribution is -2.26. The van der Waals surface area contributed by atoms with E-state index in [1.807, 2.05) is 6.07 Å². The molecule has 0 fully saturated rings. The van der Waals surface area contributed by atoms with Crippen molar-refractivity contribution < 1.29 is 8.42 Å². The van der Waals surface area contributed by atoms with Crippen LogP contribution in [0, 0.1) is 0 Å². The Balaban J connectivity index is 2.16. The van der Waals surface area contributed by atoms with Crippen molar-refractivity contribution in [2.45, 2.75) is 23.6 Å². The van der Waals surface area contributed by atoms with Crippen LogP contribution in [0.5, 0.6) is 0 Å². The fourth-order valence-corrected chi connectivity index (χ4v) is 4.73. The Hall–Kier alpha value is -0.920. The van der Waals surface area contributed by atoms with Crippen molar-refractivity contribution in [3.8, 4) is 0 Å². The quantitative estimate of drug-likeness (QED) is 0.846. The molecule has 3 N–H and O–H groups in total. The highest BCUT2D eigenvalue weighted by Crippen LogP contribution is 2.24. The van der Waals surface area contributed by atoms with E-state index in [-0.39, 0.29) is 6.04 Å². The molecule has 0 spiro atoms. The highest BCUT2D eigenvalue weighted by Gasteiger charge is 2.20. The van der Waals surface area contributed by atoms with Gasteiger partial charge in [0.25, 0.3) is 10.0 Å². The molecule has 1 aromatic heterocycles. The minimum absolute atomic E-state index is 0.305. The molecule has 1 atom stereocenters. The van der Waals surface area contributed by atoms with Gasteiger partial charge in [0.05, 0.1) is 0 Å². The van der Waals surface area contributed by atoms with Crippen molar-refractivity contribution in [3.05, 3.63) is 51.9 Å². The maximum Gasteiger partial charge on any atom is 0.250 e. The van der Waals surface area contributed by atoms with Gasteiger partial charge in [0.1, 0.15) is 4.21 Å². The number of nitrogens with two attached hydrogens (primary N) is 1. The van der Waals surface area contributed by atoms with Gasteiger partial charge >= 0.3 is 0 Å². The zero-order valence-electron chi connectivity index (χ0n) is 11.5. The third kappa shape index (κ3) is 4.28. The van der Waals surface area contributed by atoms with E-state index in [0.29, 0.717) is 22.2 Å². The number of hydrogen-bond donors (Lipinski definition) is 2. The normalized spacial score (nSPS) is 13.3. The average Bonchev–Trinajstić information content (AvgIpc) is 2.88. The standard InChI is InChI=1S/C14H17ClN2O2S2/c1-10(11-3-2-4-12(15)9-11)17-21(18,19)14-6-5-13(20-14)7-8-16/h2-6,9-10,17H,7-8,16H2,1H3. The zero-order chi connectivity index (χ0) is 15.5. The third-order valence-corrected chi connectivity index (χ3v) is 6.39. The second kappa shape index (κ2) is 6.89. The lowest BCUT2D eigenvalue weighted by atomic mass is 10.1. The highest BCUT2D eigenvalue weighted by atomic mass is 35.5. The summed E-state index contributed by atoms with van der Waals surface area (Å²) >= 11 is 7.18. The van der Waals surface area contributed by atoms with Gasteiger partial charge in [-0.1, -0.05) is 23.7 Å². The second-order valence-corrected chi connectivity index (χ2v) is 8.20. The summed E-state index contributed by atoms with van der Waals surface area (Å²) in [4.78, 5) is 0.966. The van der Waals surface area contributed by atoms with Crippen LogP contribution in [0.4, 0.5) is 0 Å². The van der Waals surface area contributed by atoms with Gasteiger partial charge in [-0.2, -0.15) is 0 Å². The molecule has 1 aromatic carbocycles. The predicted molar refractivity (Wildman–Crippen MR) is 87.3 cm³/mol. The summed E-state index contributed by atoms with van der Waals surface area (Å²) < 4.78 is 27.7. The zero-order valence-corrected chi connectivity index (χ0v) is 13.9. The van der Waals surface area contributed by atoms with E-state index < -0.39 is 10.0 Å². The first-order valence-corrected chi connectivity index (χ1v) is 9.16. The van der Waals surface area contributed by atoms with Crippen molar-refractivity contribution in [2.24, 2.45) is 5.73 Å². The Kier molecular flexibility index (Phi) is 5.40. The molecule has 0 aliphatic carbocycles. The molecule has 7 heteroatoms. The van der Waals surface area contributed by atoms with Gasteiger partial charge in [0.15, 0.2) is 0 Å². The highest BCUT2D eigenvalue weighted by molar-refractivity contribution is 7.91. The molecule has 2 aromatic rings. The number of benzene rings is 1. The van der Waals surface area contributed by atoms with Crippen LogP contribution in [0.2, 0.25) is 5.02 Å². The van der Waals surface area contributed by atoms with Crippen LogP contribution < -0.4 is 10.5 Å². The van der Waals surface area contributed by atoms with Crippen LogP contribution in [-0.2, 0) is 16.4 Å². The van der Waals surface area contributed by atoms with E-state index in [1.54, 1.807) is 37.3 Å². The molecule has 0 aliphatic heterocycles. The van der Waals surface area contributed by atoms with E-state index in [4.69, 9.17) is 17.3 Å². The fraction of sp³-hybridized carbons (Fsp3) is 0.286. The number of nitrogens with one attached hydrogen (secondary N) is 1. The van der Waals surface area contributed by atoms with Gasteiger partial charge in [-0.25, -0.2) is 13.1 Å². The summed E-state index contributed by atoms with van der Waals surface area (Å²) in [6.45, 7) is 2.30. The number of halogens is 1. The average molecular weight is 345 g/mol. The Bertz CT molecular complexity index is 713. The van der Waals surface area contributed by atoms with Gasteiger partial charge in [0, 0.05) is 15.9 Å². The van der Waals surface area contributed by atoms with E-state index in [2.05, 4.69) is 4.72 Å². The first kappa shape index (κ1) is 16.5. The Labute approximate surface area is 134 Å². The molecule has 0 saturated heterocycles. The molecular formula is C14H17ClN2O2S2. The van der Waals surface area contributed by atoms with Crippen LogP contribution in [-0.4, -0.2) is 15.0 Å². The van der Waals surface area contributed by atoms with Crippen molar-refractivity contribution in [1.82, 2.24) is 4.72 Å². The molecule has 114 valence electrons. The van der Waals surface area contributed by atoms with E-state index in [0.717, 1.165) is 10.4 Å². The smallest absolute Gasteiger partial charge is 0.250 e. The lowest BCUT2D eigenvalue weighted by Gasteiger charge is -2.14. The van der Waals surface area contributed by atoms with Gasteiger partial charge in [0.2, 0.25) is 0 Å². The van der Waals surface area contributed by atoms with Crippen molar-refractivity contribution in [3.63, 3.8) is 0 Å². The molecule has 0 amide bonds. The molecule has 0 bridgehead atoms. The molecule has 1 heterocycles. The number of thiophene rings is 1. The van der Waals surface area contributed by atoms with Gasteiger partial charge in [-0.15, -0.1) is 11.3 Å². The summed E-state index contributed by atoms with van der Waals surface area (Å²) in [5.74, 6) is 0. The van der Waals surface area contributed by atoms with Crippen LogP contribution in [0.1, 0.15) is 23.4 Å². The van der Waals surface area contributed by atoms with Crippen LogP contribution in [0.15, 0.2) is 40.6 Å². The fourth-order valence-electron chi connectivity index (χ4n) is 1.91. The Morgan fingerprint density at radius 1 is 1.33 bits per heavy atom. The second-order valence-electron chi connectivity index (χ2n) is 4.66. The van der Waals surface area contributed by atoms with Gasteiger partial charge in [-0.3, -0.25) is 0 Å². The molecule has 2 rings (SSSR count). The number of sulfonamides is 1. The van der Waals surface area contributed by atoms with E-state index in [9.17, 15) is 8.42 Å². The Morgan fingerprint density at radius 2 is 2.10 bits per heavy atom. The summed E-state index contributed by atoms with van der Waals surface area (Å²) in [6, 6.07) is 10.2. The largest absolute Gasteiger partial charge is 0.330 e. The van der Waals surface area contributed by atoms with Gasteiger partial charge < -0.3 is 5.73 Å². The molecule has 1 unspecified atom stereocenters. The third-order valence-electron chi connectivity index (χ3n) is 2.97. The summed E-state index contributed by atoms with van der Waals surface area (Å²) in [5.41, 5.74) is 6.30. The number of hydrogen-bond acceptors (Lipinski definition) is 4. The minimum Gasteiger partial charge on any atom is -0.330 e. The predicted octanol–water partition coefficient (Wildman–Crippen LogP) is 2.94. The molecule has 0 saturated carbocycles. The lowest BCUT2D eigenvalue weighted by molar-refractivity contribution is 0.569. The van der Waals surface area contributed by atoms with Crippen molar-refractivity contribution in [1.29, 1.82) is 0 Å². The number of rotatable bonds is 6. The first-order chi connectivity index (χ1) is 9.92. The van der Waals surface area contributed by atoms with Crippen molar-refractivity contribution in [2.75, 3.05) is 6.54 Å². The topological polar surface area (TPSA) is 72.2 Å². The molecule has 4 nitrogen and oxygen atoms in total. The molecule has 0 radical (unpaired) electrons. The maximum atomic E-state index is 12.4. The van der Waals surface area contributed by atoms with E-state index in [1.165, 1.54) is 11.3 Å². The maximum absolute atomic E-state index is 12.4. The Morgan fingerprint density at radius 3 is 2.76 bits per heavy atom. The summed E-state index contributed by atoms with van der Waals surface area (Å²) in [5, 5.41) is 0.583. The summed E-state index contributed by atoms with van der Waals surface area (Å²) in [7, 11) is -3.53. The molecule has 21 heavy (non-hydrogen) atoms. The van der Waals surface area contributed by atoms with Crippen molar-refractivity contribution >= 4 is 33.0 Å². The van der Waals surface area contributed by atoms with Crippen LogP contribution >= 0.6 is 22.9 Å². The molecular weight excluding hydrogens is 328 g/mol. The molecule has 0 aliphatic rings. The summed E-state index contributed by atoms with van der Waals surface area (Å²) in [6.07, 6.45) is 0.685. The monoisotopic (exact) mass is 344 g/mol. The van der Waals surface area contributed by atoms with Crippen LogP contribution in [0.3, 0.4) is 0 Å².